The van der Waals surface area contributed by atoms with E-state index in [-0.39, 0.29) is 17.8 Å². The van der Waals surface area contributed by atoms with Crippen LogP contribution in [-0.2, 0) is 11.3 Å². The standard InChI is InChI=1S/C22H27FN2O2/c1-27-16-17-6-5-7-19(14-17)22(26)24-15-21(25-12-3-2-4-13-25)18-8-10-20(23)11-9-18/h5-11,14,21H,2-4,12-13,15-16H2,1H3,(H,24,26). The van der Waals surface area contributed by atoms with E-state index >= 15 is 0 Å². The Morgan fingerprint density at radius 1 is 1.15 bits per heavy atom. The van der Waals surface area contributed by atoms with Gasteiger partial charge in [0.05, 0.1) is 12.6 Å². The zero-order chi connectivity index (χ0) is 19.1. The van der Waals surface area contributed by atoms with Gasteiger partial charge in [-0.05, 0) is 61.3 Å². The van der Waals surface area contributed by atoms with Crippen molar-refractivity contribution in [1.29, 1.82) is 0 Å². The Morgan fingerprint density at radius 3 is 2.59 bits per heavy atom. The molecule has 4 nitrogen and oxygen atoms in total. The summed E-state index contributed by atoms with van der Waals surface area (Å²) in [6.07, 6.45) is 3.56. The highest BCUT2D eigenvalue weighted by Gasteiger charge is 2.23. The van der Waals surface area contributed by atoms with E-state index < -0.39 is 0 Å². The first-order chi connectivity index (χ1) is 13.2. The third-order valence-electron chi connectivity index (χ3n) is 5.04. The quantitative estimate of drug-likeness (QED) is 0.803. The third-order valence-corrected chi connectivity index (χ3v) is 5.04. The molecule has 1 fully saturated rings. The van der Waals surface area contributed by atoms with Crippen molar-refractivity contribution < 1.29 is 13.9 Å². The van der Waals surface area contributed by atoms with Crippen LogP contribution < -0.4 is 5.32 Å². The molecule has 27 heavy (non-hydrogen) atoms. The molecule has 0 bridgehead atoms. The van der Waals surface area contributed by atoms with Crippen LogP contribution in [0.4, 0.5) is 4.39 Å². The predicted octanol–water partition coefficient (Wildman–Crippen LogP) is 3.93. The Balaban J connectivity index is 1.71. The number of piperidine rings is 1. The van der Waals surface area contributed by atoms with E-state index in [2.05, 4.69) is 10.2 Å². The Hall–Kier alpha value is -2.24. The fourth-order valence-corrected chi connectivity index (χ4v) is 3.63. The van der Waals surface area contributed by atoms with Gasteiger partial charge in [0.1, 0.15) is 5.82 Å². The SMILES string of the molecule is COCc1cccc(C(=O)NCC(c2ccc(F)cc2)N2CCCCC2)c1. The van der Waals surface area contributed by atoms with Crippen molar-refractivity contribution in [2.75, 3.05) is 26.7 Å². The highest BCUT2D eigenvalue weighted by Crippen LogP contribution is 2.24. The molecule has 1 atom stereocenters. The number of benzene rings is 2. The van der Waals surface area contributed by atoms with E-state index in [1.54, 1.807) is 7.11 Å². The van der Waals surface area contributed by atoms with Gasteiger partial charge in [-0.3, -0.25) is 9.69 Å². The van der Waals surface area contributed by atoms with Crippen molar-refractivity contribution >= 4 is 5.91 Å². The molecule has 5 heteroatoms. The van der Waals surface area contributed by atoms with E-state index in [1.807, 2.05) is 36.4 Å². The van der Waals surface area contributed by atoms with Crippen LogP contribution in [0.1, 0.15) is 46.8 Å². The molecule has 3 rings (SSSR count). The molecule has 0 aromatic heterocycles. The normalized spacial score (nSPS) is 16.1. The highest BCUT2D eigenvalue weighted by molar-refractivity contribution is 5.94. The number of likely N-dealkylation sites (tertiary alicyclic amines) is 1. The molecule has 0 radical (unpaired) electrons. The van der Waals surface area contributed by atoms with E-state index in [9.17, 15) is 9.18 Å². The largest absolute Gasteiger partial charge is 0.380 e. The van der Waals surface area contributed by atoms with Gasteiger partial charge in [0.2, 0.25) is 0 Å². The smallest absolute Gasteiger partial charge is 0.251 e. The van der Waals surface area contributed by atoms with Crippen LogP contribution in [0, 0.1) is 5.82 Å². The van der Waals surface area contributed by atoms with Gasteiger partial charge in [0.15, 0.2) is 0 Å². The van der Waals surface area contributed by atoms with Crippen molar-refractivity contribution in [2.24, 2.45) is 0 Å². The summed E-state index contributed by atoms with van der Waals surface area (Å²) in [4.78, 5) is 15.0. The van der Waals surface area contributed by atoms with Crippen molar-refractivity contribution in [2.45, 2.75) is 31.9 Å². The van der Waals surface area contributed by atoms with Gasteiger partial charge in [0.25, 0.3) is 5.91 Å². The number of carbonyl (C=O) groups is 1. The number of nitrogens with one attached hydrogen (secondary N) is 1. The van der Waals surface area contributed by atoms with E-state index in [1.165, 1.54) is 18.6 Å². The van der Waals surface area contributed by atoms with Crippen molar-refractivity contribution in [1.82, 2.24) is 10.2 Å². The molecular formula is C22H27FN2O2. The van der Waals surface area contributed by atoms with Gasteiger partial charge in [-0.25, -0.2) is 4.39 Å². The molecule has 2 aromatic carbocycles. The van der Waals surface area contributed by atoms with Gasteiger partial charge in [-0.1, -0.05) is 30.7 Å². The summed E-state index contributed by atoms with van der Waals surface area (Å²) in [5.41, 5.74) is 2.63. The molecule has 1 aliphatic heterocycles. The minimum Gasteiger partial charge on any atom is -0.380 e. The first-order valence-electron chi connectivity index (χ1n) is 9.53. The summed E-state index contributed by atoms with van der Waals surface area (Å²) in [6.45, 7) is 2.98. The molecule has 2 aromatic rings. The molecule has 144 valence electrons. The molecule has 0 spiro atoms. The van der Waals surface area contributed by atoms with E-state index in [4.69, 9.17) is 4.74 Å². The number of rotatable bonds is 7. The van der Waals surface area contributed by atoms with Gasteiger partial charge in [0, 0.05) is 19.2 Å². The van der Waals surface area contributed by atoms with Crippen molar-refractivity contribution in [3.63, 3.8) is 0 Å². The van der Waals surface area contributed by atoms with Crippen LogP contribution in [0.3, 0.4) is 0 Å². The lowest BCUT2D eigenvalue weighted by atomic mass is 10.0. The molecule has 1 N–H and O–H groups in total. The predicted molar refractivity (Wildman–Crippen MR) is 104 cm³/mol. The zero-order valence-electron chi connectivity index (χ0n) is 15.8. The number of hydrogen-bond donors (Lipinski definition) is 1. The molecule has 0 saturated carbocycles. The average Bonchev–Trinajstić information content (AvgIpc) is 2.70. The van der Waals surface area contributed by atoms with Gasteiger partial charge >= 0.3 is 0 Å². The van der Waals surface area contributed by atoms with Crippen LogP contribution in [0.2, 0.25) is 0 Å². The molecule has 1 amide bonds. The Kier molecular flexibility index (Phi) is 6.96. The number of hydrogen-bond acceptors (Lipinski definition) is 3. The van der Waals surface area contributed by atoms with Crippen LogP contribution >= 0.6 is 0 Å². The molecule has 0 aliphatic carbocycles. The number of ether oxygens (including phenoxy) is 1. The first-order valence-corrected chi connectivity index (χ1v) is 9.53. The second-order valence-corrected chi connectivity index (χ2v) is 7.01. The van der Waals surface area contributed by atoms with Crippen molar-refractivity contribution in [3.8, 4) is 0 Å². The summed E-state index contributed by atoms with van der Waals surface area (Å²) in [6, 6.07) is 14.1. The number of halogens is 1. The van der Waals surface area contributed by atoms with Crippen molar-refractivity contribution in [3.05, 3.63) is 71.0 Å². The number of amides is 1. The lowest BCUT2D eigenvalue weighted by Gasteiger charge is -2.35. The average molecular weight is 370 g/mol. The summed E-state index contributed by atoms with van der Waals surface area (Å²) in [5.74, 6) is -0.341. The minimum absolute atomic E-state index is 0.0528. The maximum Gasteiger partial charge on any atom is 0.251 e. The Bertz CT molecular complexity index is 742. The second-order valence-electron chi connectivity index (χ2n) is 7.01. The minimum atomic E-state index is -0.241. The number of carbonyl (C=O) groups excluding carboxylic acids is 1. The van der Waals surface area contributed by atoms with E-state index in [0.717, 1.165) is 37.1 Å². The van der Waals surface area contributed by atoms with Gasteiger partial charge < -0.3 is 10.1 Å². The fourth-order valence-electron chi connectivity index (χ4n) is 3.63. The van der Waals surface area contributed by atoms with Crippen LogP contribution in [-0.4, -0.2) is 37.6 Å². The molecule has 1 saturated heterocycles. The zero-order valence-corrected chi connectivity index (χ0v) is 15.8. The topological polar surface area (TPSA) is 41.6 Å². The van der Waals surface area contributed by atoms with Crippen LogP contribution in [0.25, 0.3) is 0 Å². The van der Waals surface area contributed by atoms with E-state index in [0.29, 0.717) is 18.7 Å². The monoisotopic (exact) mass is 370 g/mol. The maximum atomic E-state index is 13.3. The summed E-state index contributed by atoms with van der Waals surface area (Å²) in [5, 5.41) is 3.06. The second kappa shape index (κ2) is 9.62. The lowest BCUT2D eigenvalue weighted by molar-refractivity contribution is 0.0924. The molecule has 1 aliphatic rings. The van der Waals surface area contributed by atoms with Crippen LogP contribution in [0.5, 0.6) is 0 Å². The molecule has 1 heterocycles. The summed E-state index contributed by atoms with van der Waals surface area (Å²) in [7, 11) is 1.64. The number of methoxy groups -OCH3 is 1. The Morgan fingerprint density at radius 2 is 1.89 bits per heavy atom. The summed E-state index contributed by atoms with van der Waals surface area (Å²) >= 11 is 0. The first kappa shape index (κ1) is 19.5. The fraction of sp³-hybridized carbons (Fsp3) is 0.409. The molecule has 1 unspecified atom stereocenters. The molecular weight excluding hydrogens is 343 g/mol. The summed E-state index contributed by atoms with van der Waals surface area (Å²) < 4.78 is 18.5. The maximum absolute atomic E-state index is 13.3. The lowest BCUT2D eigenvalue weighted by Crippen LogP contribution is -2.40. The van der Waals surface area contributed by atoms with Gasteiger partial charge in [-0.15, -0.1) is 0 Å². The van der Waals surface area contributed by atoms with Crippen LogP contribution in [0.15, 0.2) is 48.5 Å². The Labute approximate surface area is 160 Å². The third kappa shape index (κ3) is 5.37. The van der Waals surface area contributed by atoms with Gasteiger partial charge in [-0.2, -0.15) is 0 Å². The number of nitrogens with zero attached hydrogens (tertiary/aromatic N) is 1. The highest BCUT2D eigenvalue weighted by atomic mass is 19.1.